The van der Waals surface area contributed by atoms with E-state index in [4.69, 9.17) is 9.84 Å². The molecule has 82 valence electrons. The molecule has 1 saturated carbocycles. The van der Waals surface area contributed by atoms with E-state index in [1.54, 1.807) is 7.11 Å². The second-order valence-corrected chi connectivity index (χ2v) is 4.15. The molecule has 0 aliphatic heterocycles. The first-order valence-corrected chi connectivity index (χ1v) is 5.08. The predicted octanol–water partition coefficient (Wildman–Crippen LogP) is 0.298. The van der Waals surface area contributed by atoms with Crippen molar-refractivity contribution in [3.63, 3.8) is 0 Å². The van der Waals surface area contributed by atoms with Crippen LogP contribution < -0.4 is 5.32 Å². The van der Waals surface area contributed by atoms with Crippen molar-refractivity contribution in [3.05, 3.63) is 0 Å². The highest BCUT2D eigenvalue weighted by atomic mass is 16.5. The van der Waals surface area contributed by atoms with Crippen LogP contribution in [0.4, 0.5) is 0 Å². The molecule has 0 spiro atoms. The van der Waals surface area contributed by atoms with Crippen molar-refractivity contribution in [2.75, 3.05) is 13.7 Å². The molecule has 1 rings (SSSR count). The highest BCUT2D eigenvalue weighted by Crippen LogP contribution is 2.19. The Morgan fingerprint density at radius 1 is 1.64 bits per heavy atom. The van der Waals surface area contributed by atoms with E-state index in [9.17, 15) is 4.79 Å². The Kier molecular flexibility index (Phi) is 4.35. The van der Waals surface area contributed by atoms with Gasteiger partial charge < -0.3 is 15.2 Å². The van der Waals surface area contributed by atoms with Crippen molar-refractivity contribution in [1.82, 2.24) is 5.32 Å². The number of amides is 1. The first kappa shape index (κ1) is 11.5. The molecule has 0 heterocycles. The van der Waals surface area contributed by atoms with Crippen molar-refractivity contribution < 1.29 is 14.6 Å². The third kappa shape index (κ3) is 3.64. The zero-order valence-electron chi connectivity index (χ0n) is 8.82. The summed E-state index contributed by atoms with van der Waals surface area (Å²) in [5.74, 6) is 0.316. The van der Waals surface area contributed by atoms with Gasteiger partial charge in [-0.15, -0.1) is 0 Å². The van der Waals surface area contributed by atoms with E-state index in [0.717, 1.165) is 0 Å². The van der Waals surface area contributed by atoms with Gasteiger partial charge in [-0.1, -0.05) is 6.92 Å². The number of rotatable bonds is 5. The Labute approximate surface area is 84.6 Å². The Bertz CT molecular complexity index is 181. The van der Waals surface area contributed by atoms with Gasteiger partial charge in [0, 0.05) is 26.2 Å². The number of methoxy groups -OCH3 is 1. The zero-order valence-corrected chi connectivity index (χ0v) is 8.82. The normalized spacial score (nSPS) is 27.9. The minimum absolute atomic E-state index is 0.0615. The van der Waals surface area contributed by atoms with Gasteiger partial charge in [-0.05, 0) is 18.8 Å². The fourth-order valence-corrected chi connectivity index (χ4v) is 1.65. The number of carbonyl (C=O) groups excluding carboxylic acids is 1. The molecule has 4 nitrogen and oxygen atoms in total. The molecule has 1 aliphatic carbocycles. The van der Waals surface area contributed by atoms with Gasteiger partial charge in [0.2, 0.25) is 5.91 Å². The van der Waals surface area contributed by atoms with Crippen LogP contribution in [-0.2, 0) is 9.53 Å². The first-order valence-electron chi connectivity index (χ1n) is 5.08. The summed E-state index contributed by atoms with van der Waals surface area (Å²) in [6.07, 6.45) is 1.69. The van der Waals surface area contributed by atoms with E-state index < -0.39 is 0 Å². The Morgan fingerprint density at radius 2 is 2.29 bits per heavy atom. The molecule has 1 fully saturated rings. The van der Waals surface area contributed by atoms with Crippen LogP contribution in [0.2, 0.25) is 0 Å². The molecule has 0 bridgehead atoms. The fourth-order valence-electron chi connectivity index (χ4n) is 1.65. The monoisotopic (exact) mass is 201 g/mol. The maximum Gasteiger partial charge on any atom is 0.220 e. The molecule has 0 aromatic rings. The van der Waals surface area contributed by atoms with Gasteiger partial charge in [-0.2, -0.15) is 0 Å². The van der Waals surface area contributed by atoms with Gasteiger partial charge >= 0.3 is 0 Å². The third-order valence-corrected chi connectivity index (χ3v) is 2.46. The highest BCUT2D eigenvalue weighted by molar-refractivity contribution is 5.76. The van der Waals surface area contributed by atoms with E-state index in [2.05, 4.69) is 5.32 Å². The number of hydrogen-bond acceptors (Lipinski definition) is 3. The zero-order chi connectivity index (χ0) is 10.6. The van der Waals surface area contributed by atoms with E-state index in [1.807, 2.05) is 6.92 Å². The Morgan fingerprint density at radius 3 is 2.79 bits per heavy atom. The van der Waals surface area contributed by atoms with Crippen LogP contribution in [0.3, 0.4) is 0 Å². The second kappa shape index (κ2) is 5.32. The summed E-state index contributed by atoms with van der Waals surface area (Å²) in [5, 5.41) is 11.9. The number of aliphatic hydroxyl groups excluding tert-OH is 1. The summed E-state index contributed by atoms with van der Waals surface area (Å²) in [6.45, 7) is 2.60. The van der Waals surface area contributed by atoms with Crippen LogP contribution >= 0.6 is 0 Å². The largest absolute Gasteiger partial charge is 0.393 e. The predicted molar refractivity (Wildman–Crippen MR) is 52.8 cm³/mol. The highest BCUT2D eigenvalue weighted by Gasteiger charge is 2.28. The van der Waals surface area contributed by atoms with Gasteiger partial charge in [0.25, 0.3) is 0 Å². The number of carbonyl (C=O) groups is 1. The number of aliphatic hydroxyl groups is 1. The van der Waals surface area contributed by atoms with Crippen molar-refractivity contribution >= 4 is 5.91 Å². The lowest BCUT2D eigenvalue weighted by molar-refractivity contribution is -0.124. The van der Waals surface area contributed by atoms with Gasteiger partial charge in [-0.25, -0.2) is 0 Å². The van der Waals surface area contributed by atoms with Gasteiger partial charge in [0.1, 0.15) is 0 Å². The molecule has 4 heteroatoms. The maximum atomic E-state index is 11.4. The Balaban J connectivity index is 2.09. The molecular formula is C10H19NO3. The van der Waals surface area contributed by atoms with Gasteiger partial charge in [-0.3, -0.25) is 4.79 Å². The van der Waals surface area contributed by atoms with Crippen LogP contribution in [0.1, 0.15) is 26.2 Å². The van der Waals surface area contributed by atoms with Gasteiger partial charge in [0.15, 0.2) is 0 Å². The number of hydrogen-bond donors (Lipinski definition) is 2. The SMILES string of the molecule is COCC(C)CC(=O)NC1CC(O)C1. The lowest BCUT2D eigenvalue weighted by Gasteiger charge is -2.32. The quantitative estimate of drug-likeness (QED) is 0.672. The molecule has 0 aromatic heterocycles. The lowest BCUT2D eigenvalue weighted by Crippen LogP contribution is -2.47. The van der Waals surface area contributed by atoms with Crippen LogP contribution in [0.25, 0.3) is 0 Å². The standard InChI is InChI=1S/C10H19NO3/c1-7(6-14-2)3-10(13)11-8-4-9(12)5-8/h7-9,12H,3-6H2,1-2H3,(H,11,13). The molecule has 1 unspecified atom stereocenters. The maximum absolute atomic E-state index is 11.4. The summed E-state index contributed by atoms with van der Waals surface area (Å²) in [5.41, 5.74) is 0. The average molecular weight is 201 g/mol. The molecule has 0 radical (unpaired) electrons. The van der Waals surface area contributed by atoms with E-state index in [0.29, 0.717) is 25.9 Å². The minimum Gasteiger partial charge on any atom is -0.393 e. The molecule has 1 amide bonds. The van der Waals surface area contributed by atoms with E-state index in [-0.39, 0.29) is 24.0 Å². The molecular weight excluding hydrogens is 182 g/mol. The lowest BCUT2D eigenvalue weighted by atomic mass is 9.89. The summed E-state index contributed by atoms with van der Waals surface area (Å²) < 4.78 is 4.95. The molecule has 0 saturated heterocycles. The number of nitrogens with one attached hydrogen (secondary N) is 1. The summed E-state index contributed by atoms with van der Waals surface area (Å²) in [6, 6.07) is 0.187. The second-order valence-electron chi connectivity index (χ2n) is 4.15. The van der Waals surface area contributed by atoms with Crippen molar-refractivity contribution in [2.45, 2.75) is 38.3 Å². The number of ether oxygens (including phenoxy) is 1. The molecule has 14 heavy (non-hydrogen) atoms. The van der Waals surface area contributed by atoms with E-state index >= 15 is 0 Å². The smallest absolute Gasteiger partial charge is 0.220 e. The minimum atomic E-state index is -0.211. The van der Waals surface area contributed by atoms with Crippen molar-refractivity contribution in [1.29, 1.82) is 0 Å². The van der Waals surface area contributed by atoms with Crippen LogP contribution in [0.5, 0.6) is 0 Å². The van der Waals surface area contributed by atoms with Crippen molar-refractivity contribution in [3.8, 4) is 0 Å². The summed E-state index contributed by atoms with van der Waals surface area (Å²) in [7, 11) is 1.64. The van der Waals surface area contributed by atoms with E-state index in [1.165, 1.54) is 0 Å². The van der Waals surface area contributed by atoms with Gasteiger partial charge in [0.05, 0.1) is 6.10 Å². The molecule has 0 aromatic carbocycles. The average Bonchev–Trinajstić information content (AvgIpc) is 2.01. The fraction of sp³-hybridized carbons (Fsp3) is 0.900. The summed E-state index contributed by atoms with van der Waals surface area (Å²) in [4.78, 5) is 11.4. The topological polar surface area (TPSA) is 58.6 Å². The molecule has 1 atom stereocenters. The van der Waals surface area contributed by atoms with Crippen molar-refractivity contribution in [2.24, 2.45) is 5.92 Å². The molecule has 2 N–H and O–H groups in total. The third-order valence-electron chi connectivity index (χ3n) is 2.46. The first-order chi connectivity index (χ1) is 6.61. The van der Waals surface area contributed by atoms with Crippen LogP contribution in [-0.4, -0.2) is 36.9 Å². The Hall–Kier alpha value is -0.610. The van der Waals surface area contributed by atoms with Crippen LogP contribution in [0, 0.1) is 5.92 Å². The molecule has 1 aliphatic rings. The van der Waals surface area contributed by atoms with Crippen LogP contribution in [0.15, 0.2) is 0 Å². The summed E-state index contributed by atoms with van der Waals surface area (Å²) >= 11 is 0.